The van der Waals surface area contributed by atoms with Crippen molar-refractivity contribution in [1.29, 1.82) is 0 Å². The quantitative estimate of drug-likeness (QED) is 0.600. The number of ether oxygens (including phenoxy) is 1. The van der Waals surface area contributed by atoms with E-state index >= 15 is 0 Å². The Labute approximate surface area is 200 Å². The Balaban J connectivity index is 1.27. The van der Waals surface area contributed by atoms with Crippen LogP contribution in [-0.2, 0) is 9.53 Å². The number of likely N-dealkylation sites (tertiary alicyclic amines) is 1. The third kappa shape index (κ3) is 6.33. The molecule has 1 aromatic carbocycles. The van der Waals surface area contributed by atoms with Crippen molar-refractivity contribution in [2.45, 2.75) is 12.8 Å². The maximum atomic E-state index is 13.0. The molecule has 2 aliphatic rings. The van der Waals surface area contributed by atoms with E-state index in [4.69, 9.17) is 4.74 Å². The highest BCUT2D eigenvalue weighted by Crippen LogP contribution is 2.21. The molecule has 1 unspecified atom stereocenters. The Hall–Kier alpha value is -2.96. The molecular weight excluding hydrogens is 463 g/mol. The average Bonchev–Trinajstić information content (AvgIpc) is 3.36. The van der Waals surface area contributed by atoms with E-state index in [1.165, 1.54) is 24.3 Å². The molecule has 2 saturated heterocycles. The molecule has 12 heteroatoms. The van der Waals surface area contributed by atoms with Crippen LogP contribution in [0.4, 0.5) is 10.1 Å². The first kappa shape index (κ1) is 24.2. The van der Waals surface area contributed by atoms with Gasteiger partial charge in [-0.05, 0) is 37.1 Å². The Bertz CT molecular complexity index is 1010. The molecule has 0 spiro atoms. The first-order chi connectivity index (χ1) is 16.5. The topological polar surface area (TPSA) is 117 Å². The fourth-order valence-corrected chi connectivity index (χ4v) is 4.64. The maximum absolute atomic E-state index is 13.0. The summed E-state index contributed by atoms with van der Waals surface area (Å²) in [4.78, 5) is 41.8. The number of benzene rings is 1. The molecule has 0 bridgehead atoms. The Morgan fingerprint density at radius 3 is 2.59 bits per heavy atom. The van der Waals surface area contributed by atoms with Gasteiger partial charge in [-0.1, -0.05) is 11.3 Å². The predicted octanol–water partition coefficient (Wildman–Crippen LogP) is 1.23. The van der Waals surface area contributed by atoms with Crippen LogP contribution in [0.15, 0.2) is 24.3 Å². The van der Waals surface area contributed by atoms with Gasteiger partial charge in [0, 0.05) is 45.0 Å². The van der Waals surface area contributed by atoms with Crippen molar-refractivity contribution in [2.24, 2.45) is 5.92 Å². The van der Waals surface area contributed by atoms with Gasteiger partial charge in [-0.15, -0.1) is 10.2 Å². The highest BCUT2D eigenvalue weighted by atomic mass is 32.1. The normalized spacial score (nSPS) is 19.0. The number of anilines is 1. The lowest BCUT2D eigenvalue weighted by Crippen LogP contribution is -2.47. The standard InChI is InChI=1S/C22H27FN6O4S/c23-16-3-5-17(6-4-16)25-19(31)20-26-27-21(34-20)22(32)29-8-1-2-15(14-29)18(30)24-7-9-28-10-12-33-13-11-28/h3-6,15H,1-2,7-14H2,(H,24,30)(H,25,31). The number of amides is 3. The van der Waals surface area contributed by atoms with Gasteiger partial charge in [0.05, 0.1) is 19.1 Å². The highest BCUT2D eigenvalue weighted by molar-refractivity contribution is 7.15. The monoisotopic (exact) mass is 490 g/mol. The van der Waals surface area contributed by atoms with Crippen LogP contribution in [-0.4, -0.2) is 90.2 Å². The summed E-state index contributed by atoms with van der Waals surface area (Å²) in [6.07, 6.45) is 1.43. The van der Waals surface area contributed by atoms with Gasteiger partial charge in [-0.3, -0.25) is 19.3 Å². The highest BCUT2D eigenvalue weighted by Gasteiger charge is 2.31. The molecule has 0 saturated carbocycles. The number of morpholine rings is 1. The fraction of sp³-hybridized carbons (Fsp3) is 0.500. The molecule has 2 aliphatic heterocycles. The van der Waals surface area contributed by atoms with Gasteiger partial charge in [-0.2, -0.15) is 0 Å². The van der Waals surface area contributed by atoms with Crippen molar-refractivity contribution in [2.75, 3.05) is 57.8 Å². The molecule has 34 heavy (non-hydrogen) atoms. The van der Waals surface area contributed by atoms with Crippen molar-refractivity contribution in [3.63, 3.8) is 0 Å². The van der Waals surface area contributed by atoms with Crippen molar-refractivity contribution < 1.29 is 23.5 Å². The lowest BCUT2D eigenvalue weighted by Gasteiger charge is -2.32. The van der Waals surface area contributed by atoms with Crippen LogP contribution in [0.1, 0.15) is 32.4 Å². The zero-order valence-electron chi connectivity index (χ0n) is 18.7. The Kier molecular flexibility index (Phi) is 8.14. The van der Waals surface area contributed by atoms with Crippen molar-refractivity contribution >= 4 is 34.7 Å². The van der Waals surface area contributed by atoms with Crippen molar-refractivity contribution in [3.8, 4) is 0 Å². The average molecular weight is 491 g/mol. The molecule has 4 rings (SSSR count). The minimum atomic E-state index is -0.528. The maximum Gasteiger partial charge on any atom is 0.286 e. The summed E-state index contributed by atoms with van der Waals surface area (Å²) < 4.78 is 18.4. The summed E-state index contributed by atoms with van der Waals surface area (Å²) in [5.74, 6) is -1.62. The van der Waals surface area contributed by atoms with Crippen molar-refractivity contribution in [3.05, 3.63) is 40.1 Å². The number of piperidine rings is 1. The largest absolute Gasteiger partial charge is 0.379 e. The van der Waals surface area contributed by atoms with E-state index in [1.54, 1.807) is 4.90 Å². The van der Waals surface area contributed by atoms with E-state index in [9.17, 15) is 18.8 Å². The minimum Gasteiger partial charge on any atom is -0.379 e. The van der Waals surface area contributed by atoms with Crippen LogP contribution < -0.4 is 10.6 Å². The second kappa shape index (κ2) is 11.4. The number of hydrogen-bond acceptors (Lipinski definition) is 8. The number of halogens is 1. The molecule has 0 radical (unpaired) electrons. The molecule has 2 aromatic rings. The van der Waals surface area contributed by atoms with Gasteiger partial charge in [0.25, 0.3) is 11.8 Å². The van der Waals surface area contributed by atoms with E-state index < -0.39 is 11.7 Å². The number of hydrogen-bond donors (Lipinski definition) is 2. The van der Waals surface area contributed by atoms with Gasteiger partial charge < -0.3 is 20.3 Å². The lowest BCUT2D eigenvalue weighted by molar-refractivity contribution is -0.126. The molecule has 0 aliphatic carbocycles. The fourth-order valence-electron chi connectivity index (χ4n) is 3.94. The lowest BCUT2D eigenvalue weighted by atomic mass is 9.97. The summed E-state index contributed by atoms with van der Waals surface area (Å²) in [7, 11) is 0. The number of nitrogens with zero attached hydrogens (tertiary/aromatic N) is 4. The molecular formula is C22H27FN6O4S. The molecule has 2 fully saturated rings. The smallest absolute Gasteiger partial charge is 0.286 e. The first-order valence-corrected chi connectivity index (χ1v) is 12.1. The van der Waals surface area contributed by atoms with Crippen LogP contribution in [0, 0.1) is 11.7 Å². The van der Waals surface area contributed by atoms with Crippen LogP contribution in [0.2, 0.25) is 0 Å². The van der Waals surface area contributed by atoms with Gasteiger partial charge in [-0.25, -0.2) is 4.39 Å². The van der Waals surface area contributed by atoms with Crippen LogP contribution >= 0.6 is 11.3 Å². The second-order valence-corrected chi connectivity index (χ2v) is 9.19. The van der Waals surface area contributed by atoms with Gasteiger partial charge in [0.2, 0.25) is 15.9 Å². The molecule has 3 amide bonds. The zero-order chi connectivity index (χ0) is 23.9. The van der Waals surface area contributed by atoms with Crippen molar-refractivity contribution in [1.82, 2.24) is 25.3 Å². The third-order valence-corrected chi connectivity index (χ3v) is 6.72. The van der Waals surface area contributed by atoms with E-state index in [2.05, 4.69) is 25.7 Å². The predicted molar refractivity (Wildman–Crippen MR) is 123 cm³/mol. The summed E-state index contributed by atoms with van der Waals surface area (Å²) in [6.45, 7) is 5.33. The van der Waals surface area contributed by atoms with Gasteiger partial charge in [0.1, 0.15) is 5.82 Å². The number of carbonyl (C=O) groups excluding carboxylic acids is 3. The number of nitrogens with one attached hydrogen (secondary N) is 2. The summed E-state index contributed by atoms with van der Waals surface area (Å²) in [5.41, 5.74) is 0.410. The molecule has 10 nitrogen and oxygen atoms in total. The summed E-state index contributed by atoms with van der Waals surface area (Å²) in [6, 6.07) is 5.33. The first-order valence-electron chi connectivity index (χ1n) is 11.3. The number of carbonyl (C=O) groups is 3. The van der Waals surface area contributed by atoms with E-state index in [1.807, 2.05) is 0 Å². The van der Waals surface area contributed by atoms with Gasteiger partial charge in [0.15, 0.2) is 0 Å². The molecule has 1 aromatic heterocycles. The summed E-state index contributed by atoms with van der Waals surface area (Å²) >= 11 is 0.889. The molecule has 2 N–H and O–H groups in total. The Morgan fingerprint density at radius 1 is 1.09 bits per heavy atom. The molecule has 3 heterocycles. The summed E-state index contributed by atoms with van der Waals surface area (Å²) in [5, 5.41) is 13.4. The second-order valence-electron chi connectivity index (χ2n) is 8.21. The SMILES string of the molecule is O=C(Nc1ccc(F)cc1)c1nnc(C(=O)N2CCCC(C(=O)NCCN3CCOCC3)C2)s1. The molecule has 1 atom stereocenters. The van der Waals surface area contributed by atoms with E-state index in [0.29, 0.717) is 38.2 Å². The Morgan fingerprint density at radius 2 is 1.82 bits per heavy atom. The van der Waals surface area contributed by atoms with Crippen LogP contribution in [0.25, 0.3) is 0 Å². The van der Waals surface area contributed by atoms with E-state index in [-0.39, 0.29) is 27.7 Å². The number of aromatic nitrogens is 2. The molecule has 182 valence electrons. The van der Waals surface area contributed by atoms with Crippen LogP contribution in [0.5, 0.6) is 0 Å². The number of rotatable bonds is 7. The van der Waals surface area contributed by atoms with Crippen LogP contribution in [0.3, 0.4) is 0 Å². The third-order valence-electron chi connectivity index (χ3n) is 5.81. The zero-order valence-corrected chi connectivity index (χ0v) is 19.5. The van der Waals surface area contributed by atoms with E-state index in [0.717, 1.165) is 44.2 Å². The van der Waals surface area contributed by atoms with Gasteiger partial charge >= 0.3 is 0 Å². The minimum absolute atomic E-state index is 0.0297.